The summed E-state index contributed by atoms with van der Waals surface area (Å²) in [5, 5.41) is 0.580. The van der Waals surface area contributed by atoms with Gasteiger partial charge in [-0.15, -0.1) is 0 Å². The normalized spacial score (nSPS) is 22.2. The van der Waals surface area contributed by atoms with Gasteiger partial charge in [-0.2, -0.15) is 0 Å². The molecule has 0 saturated carbocycles. The van der Waals surface area contributed by atoms with Crippen LogP contribution in [-0.4, -0.2) is 37.1 Å². The highest BCUT2D eigenvalue weighted by molar-refractivity contribution is 6.31. The zero-order valence-corrected chi connectivity index (χ0v) is 16.3. The second-order valence-electron chi connectivity index (χ2n) is 6.80. The number of hydrogen-bond acceptors (Lipinski definition) is 4. The summed E-state index contributed by atoms with van der Waals surface area (Å²) in [5.74, 6) is 1.58. The summed E-state index contributed by atoms with van der Waals surface area (Å²) in [5.41, 5.74) is 1.77. The Morgan fingerprint density at radius 3 is 2.67 bits per heavy atom. The largest absolute Gasteiger partial charge is 0.495 e. The molecule has 2 aromatic carbocycles. The van der Waals surface area contributed by atoms with Gasteiger partial charge in [0, 0.05) is 11.6 Å². The molecule has 6 heteroatoms. The molecule has 0 aromatic heterocycles. The first-order chi connectivity index (χ1) is 13.1. The molecular formula is C21H23ClN2O3. The van der Waals surface area contributed by atoms with Crippen LogP contribution in [0.1, 0.15) is 31.5 Å². The lowest BCUT2D eigenvalue weighted by molar-refractivity contribution is -0.119. The third-order valence-electron chi connectivity index (χ3n) is 5.27. The molecule has 2 aliphatic heterocycles. The maximum Gasteiger partial charge on any atom is 0.246 e. The van der Waals surface area contributed by atoms with E-state index in [0.717, 1.165) is 30.7 Å². The number of carbonyl (C=O) groups excluding carboxylic acids is 1. The highest BCUT2D eigenvalue weighted by Gasteiger charge is 2.50. The van der Waals surface area contributed by atoms with Crippen molar-refractivity contribution >= 4 is 23.2 Å². The number of halogens is 1. The summed E-state index contributed by atoms with van der Waals surface area (Å²) >= 11 is 6.25. The smallest absolute Gasteiger partial charge is 0.246 e. The molecule has 2 heterocycles. The van der Waals surface area contributed by atoms with E-state index in [-0.39, 0.29) is 18.1 Å². The van der Waals surface area contributed by atoms with Gasteiger partial charge in [-0.05, 0) is 55.7 Å². The average Bonchev–Trinajstić information content (AvgIpc) is 3.25. The van der Waals surface area contributed by atoms with Crippen molar-refractivity contribution < 1.29 is 14.3 Å². The highest BCUT2D eigenvalue weighted by Crippen LogP contribution is 2.45. The molecule has 0 radical (unpaired) electrons. The second kappa shape index (κ2) is 7.41. The fraction of sp³-hybridized carbons (Fsp3) is 0.381. The van der Waals surface area contributed by atoms with Gasteiger partial charge in [-0.3, -0.25) is 14.6 Å². The maximum absolute atomic E-state index is 13.3. The number of methoxy groups -OCH3 is 1. The molecule has 4 rings (SSSR count). The number of amides is 1. The number of hydrogen-bond donors (Lipinski definition) is 0. The van der Waals surface area contributed by atoms with Crippen LogP contribution in [-0.2, 0) is 4.79 Å². The first kappa shape index (κ1) is 18.1. The van der Waals surface area contributed by atoms with Crippen molar-refractivity contribution in [1.82, 2.24) is 4.90 Å². The van der Waals surface area contributed by atoms with E-state index >= 15 is 0 Å². The van der Waals surface area contributed by atoms with Crippen LogP contribution in [0.3, 0.4) is 0 Å². The van der Waals surface area contributed by atoms with Gasteiger partial charge in [0.2, 0.25) is 5.91 Å². The van der Waals surface area contributed by atoms with Gasteiger partial charge >= 0.3 is 0 Å². The molecule has 0 aliphatic carbocycles. The number of nitrogens with zero attached hydrogens (tertiary/aromatic N) is 2. The van der Waals surface area contributed by atoms with Gasteiger partial charge in [-0.25, -0.2) is 0 Å². The quantitative estimate of drug-likeness (QED) is 0.770. The van der Waals surface area contributed by atoms with Gasteiger partial charge in [0.15, 0.2) is 0 Å². The Kier molecular flexibility index (Phi) is 4.98. The zero-order chi connectivity index (χ0) is 19.0. The maximum atomic E-state index is 13.3. The standard InChI is InChI=1S/C21H23ClN2O3/c1-3-27-16-9-6-14(7-10-16)20-23-12-4-5-17(23)21(25)24(20)18-13-15(22)8-11-19(18)26-2/h6-11,13,17,20H,3-5,12H2,1-2H3. The Bertz CT molecular complexity index is 840. The summed E-state index contributed by atoms with van der Waals surface area (Å²) in [6.45, 7) is 3.49. The lowest BCUT2D eigenvalue weighted by atomic mass is 10.1. The summed E-state index contributed by atoms with van der Waals surface area (Å²) in [4.78, 5) is 17.4. The van der Waals surface area contributed by atoms with Crippen molar-refractivity contribution in [2.75, 3.05) is 25.2 Å². The minimum Gasteiger partial charge on any atom is -0.495 e. The third kappa shape index (κ3) is 3.15. The van der Waals surface area contributed by atoms with Crippen LogP contribution < -0.4 is 14.4 Å². The number of ether oxygens (including phenoxy) is 2. The summed E-state index contributed by atoms with van der Waals surface area (Å²) in [6.07, 6.45) is 1.74. The molecule has 142 valence electrons. The number of benzene rings is 2. The van der Waals surface area contributed by atoms with Crippen molar-refractivity contribution in [2.45, 2.75) is 32.0 Å². The molecule has 5 nitrogen and oxygen atoms in total. The molecule has 0 spiro atoms. The van der Waals surface area contributed by atoms with Gasteiger partial charge in [0.25, 0.3) is 0 Å². The van der Waals surface area contributed by atoms with Crippen molar-refractivity contribution in [3.63, 3.8) is 0 Å². The van der Waals surface area contributed by atoms with Crippen molar-refractivity contribution in [2.24, 2.45) is 0 Å². The summed E-state index contributed by atoms with van der Waals surface area (Å²) in [6, 6.07) is 13.3. The fourth-order valence-corrected chi connectivity index (χ4v) is 4.29. The molecule has 0 N–H and O–H groups in total. The molecule has 1 amide bonds. The number of anilines is 1. The van der Waals surface area contributed by atoms with Crippen molar-refractivity contribution in [1.29, 1.82) is 0 Å². The monoisotopic (exact) mass is 386 g/mol. The minimum atomic E-state index is -0.173. The van der Waals surface area contributed by atoms with E-state index in [9.17, 15) is 4.79 Å². The van der Waals surface area contributed by atoms with Gasteiger partial charge in [-0.1, -0.05) is 23.7 Å². The number of fused-ring (bicyclic) bond motifs is 1. The fourth-order valence-electron chi connectivity index (χ4n) is 4.12. The zero-order valence-electron chi connectivity index (χ0n) is 15.5. The van der Waals surface area contributed by atoms with Crippen LogP contribution in [0, 0.1) is 0 Å². The first-order valence-corrected chi connectivity index (χ1v) is 9.67. The second-order valence-corrected chi connectivity index (χ2v) is 7.23. The van der Waals surface area contributed by atoms with Crippen LogP contribution in [0.2, 0.25) is 5.02 Å². The van der Waals surface area contributed by atoms with E-state index < -0.39 is 0 Å². The molecular weight excluding hydrogens is 364 g/mol. The van der Waals surface area contributed by atoms with E-state index in [0.29, 0.717) is 23.1 Å². The molecule has 2 saturated heterocycles. The molecule has 2 aliphatic rings. The molecule has 0 bridgehead atoms. The summed E-state index contributed by atoms with van der Waals surface area (Å²) in [7, 11) is 1.61. The lowest BCUT2D eigenvalue weighted by Gasteiger charge is -2.30. The number of carbonyl (C=O) groups is 1. The average molecular weight is 387 g/mol. The Balaban J connectivity index is 1.79. The Morgan fingerprint density at radius 2 is 1.96 bits per heavy atom. The van der Waals surface area contributed by atoms with Crippen molar-refractivity contribution in [3.8, 4) is 11.5 Å². The van der Waals surface area contributed by atoms with E-state index in [1.54, 1.807) is 13.2 Å². The Hall–Kier alpha value is -2.24. The van der Waals surface area contributed by atoms with Crippen LogP contribution in [0.4, 0.5) is 5.69 Å². The van der Waals surface area contributed by atoms with E-state index in [2.05, 4.69) is 4.90 Å². The SMILES string of the molecule is CCOc1ccc(C2N(c3cc(Cl)ccc3OC)C(=O)C3CCCN32)cc1. The molecule has 27 heavy (non-hydrogen) atoms. The minimum absolute atomic E-state index is 0.0924. The predicted molar refractivity (Wildman–Crippen MR) is 106 cm³/mol. The first-order valence-electron chi connectivity index (χ1n) is 9.29. The highest BCUT2D eigenvalue weighted by atomic mass is 35.5. The van der Waals surface area contributed by atoms with Gasteiger partial charge in [0.05, 0.1) is 25.4 Å². The van der Waals surface area contributed by atoms with E-state index in [1.807, 2.05) is 48.2 Å². The topological polar surface area (TPSA) is 42.0 Å². The molecule has 2 atom stereocenters. The van der Waals surface area contributed by atoms with Gasteiger partial charge in [0.1, 0.15) is 17.7 Å². The van der Waals surface area contributed by atoms with Gasteiger partial charge < -0.3 is 9.47 Å². The van der Waals surface area contributed by atoms with E-state index in [4.69, 9.17) is 21.1 Å². The van der Waals surface area contributed by atoms with E-state index in [1.165, 1.54) is 0 Å². The van der Waals surface area contributed by atoms with Crippen LogP contribution in [0.15, 0.2) is 42.5 Å². The van der Waals surface area contributed by atoms with Crippen LogP contribution in [0.25, 0.3) is 0 Å². The molecule has 2 fully saturated rings. The molecule has 2 aromatic rings. The van der Waals surface area contributed by atoms with Crippen molar-refractivity contribution in [3.05, 3.63) is 53.1 Å². The van der Waals surface area contributed by atoms with Crippen LogP contribution in [0.5, 0.6) is 11.5 Å². The Labute approximate surface area is 164 Å². The molecule has 2 unspecified atom stereocenters. The third-order valence-corrected chi connectivity index (χ3v) is 5.50. The van der Waals surface area contributed by atoms with Crippen LogP contribution >= 0.6 is 11.6 Å². The lowest BCUT2D eigenvalue weighted by Crippen LogP contribution is -2.32. The number of rotatable bonds is 5. The summed E-state index contributed by atoms with van der Waals surface area (Å²) < 4.78 is 11.1. The predicted octanol–water partition coefficient (Wildman–Crippen LogP) is 4.26. The Morgan fingerprint density at radius 1 is 1.19 bits per heavy atom.